The zero-order valence-corrected chi connectivity index (χ0v) is 11.4. The fourth-order valence-corrected chi connectivity index (χ4v) is 3.06. The van der Waals surface area contributed by atoms with Crippen LogP contribution in [0.5, 0.6) is 0 Å². The van der Waals surface area contributed by atoms with Gasteiger partial charge in [-0.1, -0.05) is 36.0 Å². The summed E-state index contributed by atoms with van der Waals surface area (Å²) in [5.74, 6) is -0.400. The van der Waals surface area contributed by atoms with E-state index < -0.39 is 18.0 Å². The van der Waals surface area contributed by atoms with Gasteiger partial charge >= 0.3 is 0 Å². The van der Waals surface area contributed by atoms with Crippen LogP contribution >= 0.6 is 23.2 Å². The molecule has 100 valence electrons. The predicted molar refractivity (Wildman–Crippen MR) is 71.3 cm³/mol. The summed E-state index contributed by atoms with van der Waals surface area (Å²) in [6.45, 7) is 0. The Bertz CT molecular complexity index is 435. The zero-order chi connectivity index (χ0) is 13.3. The highest BCUT2D eigenvalue weighted by Gasteiger charge is 2.31. The Balaban J connectivity index is 2.27. The minimum Gasteiger partial charge on any atom is -0.391 e. The van der Waals surface area contributed by atoms with Gasteiger partial charge in [-0.05, 0) is 30.9 Å². The van der Waals surface area contributed by atoms with E-state index in [1.165, 1.54) is 12.1 Å². The minimum atomic E-state index is -0.834. The van der Waals surface area contributed by atoms with Crippen molar-refractivity contribution in [2.45, 2.75) is 37.8 Å². The van der Waals surface area contributed by atoms with Crippen LogP contribution < -0.4 is 5.73 Å². The first-order valence-corrected chi connectivity index (χ1v) is 6.85. The smallest absolute Gasteiger partial charge is 0.129 e. The molecule has 1 fully saturated rings. The summed E-state index contributed by atoms with van der Waals surface area (Å²) in [5.41, 5.74) is 6.07. The molecule has 0 aromatic heterocycles. The van der Waals surface area contributed by atoms with E-state index >= 15 is 0 Å². The Kier molecular flexibility index (Phi) is 4.49. The first-order valence-electron chi connectivity index (χ1n) is 6.09. The first-order chi connectivity index (χ1) is 8.52. The Labute approximate surface area is 116 Å². The van der Waals surface area contributed by atoms with Crippen LogP contribution in [0.3, 0.4) is 0 Å². The molecule has 1 aliphatic rings. The third-order valence-corrected chi connectivity index (χ3v) is 4.48. The molecule has 2 rings (SSSR count). The quantitative estimate of drug-likeness (QED) is 0.835. The van der Waals surface area contributed by atoms with E-state index in [1.54, 1.807) is 0 Å². The number of rotatable bonds is 3. The topological polar surface area (TPSA) is 46.2 Å². The lowest BCUT2D eigenvalue weighted by Crippen LogP contribution is -2.32. The fraction of sp³-hybridized carbons (Fsp3) is 0.538. The lowest BCUT2D eigenvalue weighted by Gasteiger charge is -2.25. The van der Waals surface area contributed by atoms with Gasteiger partial charge in [-0.15, -0.1) is 0 Å². The number of benzene rings is 1. The summed E-state index contributed by atoms with van der Waals surface area (Å²) in [5, 5.41) is 10.6. The molecule has 1 aromatic carbocycles. The van der Waals surface area contributed by atoms with Crippen molar-refractivity contribution in [2.24, 2.45) is 11.7 Å². The van der Waals surface area contributed by atoms with Gasteiger partial charge in [0.15, 0.2) is 0 Å². The minimum absolute atomic E-state index is 0.0983. The highest BCUT2D eigenvalue weighted by Crippen LogP contribution is 2.37. The average Bonchev–Trinajstić information content (AvgIpc) is 2.87. The van der Waals surface area contributed by atoms with Gasteiger partial charge in [-0.3, -0.25) is 0 Å². The number of hydrogen-bond acceptors (Lipinski definition) is 2. The molecule has 1 saturated carbocycles. The molecule has 0 amide bonds. The van der Waals surface area contributed by atoms with Crippen molar-refractivity contribution in [1.29, 1.82) is 0 Å². The van der Waals surface area contributed by atoms with Gasteiger partial charge in [-0.25, -0.2) is 4.39 Å². The van der Waals surface area contributed by atoms with Crippen LogP contribution in [0.15, 0.2) is 12.1 Å². The van der Waals surface area contributed by atoms with E-state index in [0.29, 0.717) is 0 Å². The molecule has 0 radical (unpaired) electrons. The zero-order valence-electron chi connectivity index (χ0n) is 9.87. The van der Waals surface area contributed by atoms with Crippen LogP contribution in [0.4, 0.5) is 4.39 Å². The van der Waals surface area contributed by atoms with Crippen LogP contribution in [0, 0.1) is 11.7 Å². The number of aliphatic hydroxyl groups excluding tert-OH is 1. The van der Waals surface area contributed by atoms with Gasteiger partial charge in [-0.2, -0.15) is 0 Å². The SMILES string of the molecule is N[C@H](c1c(F)ccc(Cl)c1Cl)[C@@H](O)C1CCCC1. The Morgan fingerprint density at radius 1 is 1.28 bits per heavy atom. The second-order valence-electron chi connectivity index (χ2n) is 4.82. The van der Waals surface area contributed by atoms with Crippen LogP contribution in [0.25, 0.3) is 0 Å². The molecule has 3 N–H and O–H groups in total. The molecule has 2 nitrogen and oxygen atoms in total. The third kappa shape index (κ3) is 2.64. The molecule has 1 aliphatic carbocycles. The summed E-state index contributed by atoms with van der Waals surface area (Å²) < 4.78 is 13.8. The van der Waals surface area contributed by atoms with Crippen molar-refractivity contribution in [3.8, 4) is 0 Å². The Morgan fingerprint density at radius 3 is 2.50 bits per heavy atom. The highest BCUT2D eigenvalue weighted by molar-refractivity contribution is 6.42. The number of nitrogens with two attached hydrogens (primary N) is 1. The maximum absolute atomic E-state index is 13.8. The second-order valence-corrected chi connectivity index (χ2v) is 5.60. The summed E-state index contributed by atoms with van der Waals surface area (Å²) in [6, 6.07) is 1.78. The monoisotopic (exact) mass is 291 g/mol. The number of hydrogen-bond donors (Lipinski definition) is 2. The maximum atomic E-state index is 13.8. The molecule has 0 spiro atoms. The van der Waals surface area contributed by atoms with Crippen LogP contribution in [-0.4, -0.2) is 11.2 Å². The molecule has 0 bridgehead atoms. The molecular formula is C13H16Cl2FNO. The third-order valence-electron chi connectivity index (χ3n) is 3.66. The maximum Gasteiger partial charge on any atom is 0.129 e. The average molecular weight is 292 g/mol. The van der Waals surface area contributed by atoms with E-state index in [2.05, 4.69) is 0 Å². The van der Waals surface area contributed by atoms with Crippen LogP contribution in [-0.2, 0) is 0 Å². The summed E-state index contributed by atoms with van der Waals surface area (Å²) in [4.78, 5) is 0. The summed E-state index contributed by atoms with van der Waals surface area (Å²) in [6.07, 6.45) is 3.24. The van der Waals surface area contributed by atoms with E-state index in [4.69, 9.17) is 28.9 Å². The number of aliphatic hydroxyl groups is 1. The van der Waals surface area contributed by atoms with Crippen molar-refractivity contribution in [3.05, 3.63) is 33.6 Å². The molecular weight excluding hydrogens is 276 g/mol. The molecule has 1 aromatic rings. The van der Waals surface area contributed by atoms with Crippen molar-refractivity contribution in [2.75, 3.05) is 0 Å². The van der Waals surface area contributed by atoms with Gasteiger partial charge in [0.25, 0.3) is 0 Å². The van der Waals surface area contributed by atoms with Gasteiger partial charge in [0.2, 0.25) is 0 Å². The molecule has 2 atom stereocenters. The molecule has 0 saturated heterocycles. The lowest BCUT2D eigenvalue weighted by atomic mass is 9.90. The second kappa shape index (κ2) is 5.74. The Morgan fingerprint density at radius 2 is 1.89 bits per heavy atom. The molecule has 0 aliphatic heterocycles. The van der Waals surface area contributed by atoms with E-state index in [-0.39, 0.29) is 21.5 Å². The lowest BCUT2D eigenvalue weighted by molar-refractivity contribution is 0.0833. The Hall–Kier alpha value is -0.350. The highest BCUT2D eigenvalue weighted by atomic mass is 35.5. The van der Waals surface area contributed by atoms with Crippen LogP contribution in [0.2, 0.25) is 10.0 Å². The standard InChI is InChI=1S/C13H16Cl2FNO/c14-8-5-6-9(16)10(11(8)15)12(17)13(18)7-3-1-2-4-7/h5-7,12-13,18H,1-4,17H2/t12-,13+/m1/s1. The van der Waals surface area contributed by atoms with E-state index in [1.807, 2.05) is 0 Å². The largest absolute Gasteiger partial charge is 0.391 e. The molecule has 0 unspecified atom stereocenters. The van der Waals surface area contributed by atoms with Gasteiger partial charge in [0, 0.05) is 5.56 Å². The number of halogens is 3. The van der Waals surface area contributed by atoms with Crippen molar-refractivity contribution < 1.29 is 9.50 Å². The summed E-state index contributed by atoms with van der Waals surface area (Å²) >= 11 is 11.8. The van der Waals surface area contributed by atoms with Crippen LogP contribution in [0.1, 0.15) is 37.3 Å². The van der Waals surface area contributed by atoms with E-state index in [0.717, 1.165) is 25.7 Å². The van der Waals surface area contributed by atoms with Crippen molar-refractivity contribution in [3.63, 3.8) is 0 Å². The molecule has 0 heterocycles. The van der Waals surface area contributed by atoms with Crippen molar-refractivity contribution >= 4 is 23.2 Å². The summed E-state index contributed by atoms with van der Waals surface area (Å²) in [7, 11) is 0. The normalized spacial score (nSPS) is 20.1. The van der Waals surface area contributed by atoms with Gasteiger partial charge < -0.3 is 10.8 Å². The predicted octanol–water partition coefficient (Wildman–Crippen LogP) is 3.68. The molecule has 18 heavy (non-hydrogen) atoms. The van der Waals surface area contributed by atoms with Crippen molar-refractivity contribution in [1.82, 2.24) is 0 Å². The van der Waals surface area contributed by atoms with Gasteiger partial charge in [0.1, 0.15) is 5.82 Å². The first kappa shape index (κ1) is 14.1. The van der Waals surface area contributed by atoms with Gasteiger partial charge in [0.05, 0.1) is 22.2 Å². The van der Waals surface area contributed by atoms with E-state index in [9.17, 15) is 9.50 Å². The molecule has 5 heteroatoms. The fourth-order valence-electron chi connectivity index (χ4n) is 2.61.